The number of aryl methyl sites for hydroxylation is 1. The number of ether oxygens (including phenoxy) is 1. The third kappa shape index (κ3) is 4.56. The SMILES string of the molecule is CCn1nnc([C@H]2O[C@@H](n3cnc4c(N[C@H](CO)Cc5ccccc5)nc(Cl)nc43)[C@H](O)[C@@H]2O)n1. The van der Waals surface area contributed by atoms with Crippen molar-refractivity contribution in [2.75, 3.05) is 11.9 Å². The molecule has 0 unspecified atom stereocenters. The standard InChI is InChI=1S/C21H24ClN9O4/c1-2-31-28-18(27-29-31)16-14(33)15(34)20(35-16)30-10-23-13-17(25-21(22)26-19(13)30)24-12(9-32)8-11-6-4-3-5-7-11/h3-7,10,12,14-16,20,32-34H,2,8-9H2,1H3,(H,24,25,26)/t12-,14-,15+,16-,20+/m0/s1. The zero-order valence-electron chi connectivity index (χ0n) is 18.7. The van der Waals surface area contributed by atoms with Crippen LogP contribution in [0.5, 0.6) is 0 Å². The lowest BCUT2D eigenvalue weighted by Gasteiger charge is -2.18. The molecule has 1 aliphatic rings. The third-order valence-electron chi connectivity index (χ3n) is 5.80. The number of tetrazole rings is 1. The molecule has 5 atom stereocenters. The lowest BCUT2D eigenvalue weighted by molar-refractivity contribution is -0.0384. The topological polar surface area (TPSA) is 169 Å². The highest BCUT2D eigenvalue weighted by Gasteiger charge is 2.47. The molecule has 1 saturated heterocycles. The van der Waals surface area contributed by atoms with Crippen LogP contribution in [0.4, 0.5) is 5.82 Å². The summed E-state index contributed by atoms with van der Waals surface area (Å²) in [6.45, 7) is 2.20. The molecule has 4 aromatic rings. The predicted octanol–water partition coefficient (Wildman–Crippen LogP) is 0.493. The maximum atomic E-state index is 10.7. The molecule has 0 radical (unpaired) electrons. The summed E-state index contributed by atoms with van der Waals surface area (Å²) in [5, 5.41) is 46.4. The normalized spacial score (nSPS) is 23.1. The number of aliphatic hydroxyl groups excluding tert-OH is 3. The van der Waals surface area contributed by atoms with Crippen molar-refractivity contribution in [2.45, 2.75) is 50.5 Å². The zero-order valence-corrected chi connectivity index (χ0v) is 19.4. The molecule has 5 rings (SSSR count). The van der Waals surface area contributed by atoms with Crippen molar-refractivity contribution in [3.63, 3.8) is 0 Å². The lowest BCUT2D eigenvalue weighted by Crippen LogP contribution is -2.29. The molecule has 0 saturated carbocycles. The van der Waals surface area contributed by atoms with Crippen LogP contribution in [0.1, 0.15) is 30.6 Å². The molecule has 3 aromatic heterocycles. The Bertz CT molecular complexity index is 1300. The number of benzene rings is 1. The monoisotopic (exact) mass is 501 g/mol. The highest BCUT2D eigenvalue weighted by Crippen LogP contribution is 2.39. The van der Waals surface area contributed by atoms with Crippen molar-refractivity contribution in [3.8, 4) is 0 Å². The van der Waals surface area contributed by atoms with Gasteiger partial charge in [-0.05, 0) is 35.7 Å². The summed E-state index contributed by atoms with van der Waals surface area (Å²) < 4.78 is 7.39. The minimum Gasteiger partial charge on any atom is -0.394 e. The van der Waals surface area contributed by atoms with Crippen LogP contribution in [-0.4, -0.2) is 79.9 Å². The Labute approximate surface area is 204 Å². The van der Waals surface area contributed by atoms with Crippen molar-refractivity contribution in [3.05, 3.63) is 53.3 Å². The van der Waals surface area contributed by atoms with Gasteiger partial charge in [0.2, 0.25) is 11.1 Å². The molecule has 35 heavy (non-hydrogen) atoms. The van der Waals surface area contributed by atoms with E-state index in [2.05, 4.69) is 35.7 Å². The molecule has 0 amide bonds. The van der Waals surface area contributed by atoms with Crippen molar-refractivity contribution < 1.29 is 20.1 Å². The summed E-state index contributed by atoms with van der Waals surface area (Å²) in [5.41, 5.74) is 1.69. The first-order chi connectivity index (χ1) is 17.0. The predicted molar refractivity (Wildman–Crippen MR) is 123 cm³/mol. The fourth-order valence-corrected chi connectivity index (χ4v) is 4.20. The lowest BCUT2D eigenvalue weighted by atomic mass is 10.1. The van der Waals surface area contributed by atoms with Gasteiger partial charge in [0.25, 0.3) is 0 Å². The largest absolute Gasteiger partial charge is 0.394 e. The third-order valence-corrected chi connectivity index (χ3v) is 5.97. The molecule has 1 aromatic carbocycles. The highest BCUT2D eigenvalue weighted by molar-refractivity contribution is 6.28. The van der Waals surface area contributed by atoms with Gasteiger partial charge in [-0.2, -0.15) is 14.8 Å². The van der Waals surface area contributed by atoms with E-state index in [1.54, 1.807) is 0 Å². The van der Waals surface area contributed by atoms with Crippen molar-refractivity contribution in [1.82, 2.24) is 39.7 Å². The molecular weight excluding hydrogens is 478 g/mol. The maximum Gasteiger partial charge on any atom is 0.226 e. The number of aromatic nitrogens is 8. The number of nitrogens with zero attached hydrogens (tertiary/aromatic N) is 8. The highest BCUT2D eigenvalue weighted by atomic mass is 35.5. The van der Waals surface area contributed by atoms with E-state index in [9.17, 15) is 15.3 Å². The van der Waals surface area contributed by atoms with Crippen LogP contribution in [0.2, 0.25) is 5.28 Å². The first kappa shape index (κ1) is 23.5. The number of aliphatic hydroxyl groups is 3. The van der Waals surface area contributed by atoms with E-state index in [1.165, 1.54) is 15.7 Å². The molecule has 4 N–H and O–H groups in total. The minimum absolute atomic E-state index is 0.0599. The Morgan fingerprint density at radius 1 is 1.17 bits per heavy atom. The van der Waals surface area contributed by atoms with Gasteiger partial charge in [0.1, 0.15) is 12.2 Å². The van der Waals surface area contributed by atoms with E-state index in [0.717, 1.165) is 5.56 Å². The Balaban J connectivity index is 1.43. The van der Waals surface area contributed by atoms with Crippen LogP contribution in [-0.2, 0) is 17.7 Å². The number of hydrogen-bond donors (Lipinski definition) is 4. The van der Waals surface area contributed by atoms with Gasteiger partial charge in [0, 0.05) is 0 Å². The number of nitrogens with one attached hydrogen (secondary N) is 1. The molecule has 0 aliphatic carbocycles. The van der Waals surface area contributed by atoms with Gasteiger partial charge in [-0.25, -0.2) is 4.98 Å². The van der Waals surface area contributed by atoms with Crippen LogP contribution in [0, 0.1) is 0 Å². The summed E-state index contributed by atoms with van der Waals surface area (Å²) >= 11 is 6.21. The number of hydrogen-bond acceptors (Lipinski definition) is 11. The van der Waals surface area contributed by atoms with Crippen molar-refractivity contribution in [2.24, 2.45) is 0 Å². The van der Waals surface area contributed by atoms with Crippen LogP contribution < -0.4 is 5.32 Å². The van der Waals surface area contributed by atoms with Crippen LogP contribution in [0.25, 0.3) is 11.2 Å². The van der Waals surface area contributed by atoms with E-state index >= 15 is 0 Å². The quantitative estimate of drug-likeness (QED) is 0.248. The van der Waals surface area contributed by atoms with Crippen LogP contribution in [0.3, 0.4) is 0 Å². The number of anilines is 1. The molecule has 1 fully saturated rings. The van der Waals surface area contributed by atoms with Gasteiger partial charge in [0.05, 0.1) is 25.5 Å². The molecule has 14 heteroatoms. The first-order valence-electron chi connectivity index (χ1n) is 11.1. The van der Waals surface area contributed by atoms with Gasteiger partial charge in [0.15, 0.2) is 29.3 Å². The van der Waals surface area contributed by atoms with Crippen molar-refractivity contribution >= 4 is 28.6 Å². The molecule has 0 bridgehead atoms. The number of imidazole rings is 1. The molecule has 0 spiro atoms. The molecule has 13 nitrogen and oxygen atoms in total. The van der Waals surface area contributed by atoms with Gasteiger partial charge in [-0.3, -0.25) is 4.57 Å². The fraction of sp³-hybridized carbons (Fsp3) is 0.429. The zero-order chi connectivity index (χ0) is 24.5. The average Bonchev–Trinajstić information content (AvgIpc) is 3.57. The smallest absolute Gasteiger partial charge is 0.226 e. The molecule has 184 valence electrons. The average molecular weight is 502 g/mol. The number of rotatable bonds is 8. The number of halogens is 1. The molecule has 4 heterocycles. The second kappa shape index (κ2) is 9.79. The Hall–Kier alpha value is -3.23. The second-order valence-electron chi connectivity index (χ2n) is 8.14. The van der Waals surface area contributed by atoms with E-state index in [4.69, 9.17) is 16.3 Å². The van der Waals surface area contributed by atoms with Crippen LogP contribution in [0.15, 0.2) is 36.7 Å². The summed E-state index contributed by atoms with van der Waals surface area (Å²) in [6.07, 6.45) is -2.68. The molecule has 1 aliphatic heterocycles. The fourth-order valence-electron chi connectivity index (χ4n) is 4.04. The number of fused-ring (bicyclic) bond motifs is 1. The van der Waals surface area contributed by atoms with E-state index in [0.29, 0.717) is 24.3 Å². The van der Waals surface area contributed by atoms with Crippen molar-refractivity contribution in [1.29, 1.82) is 0 Å². The van der Waals surface area contributed by atoms with Gasteiger partial charge in [-0.15, -0.1) is 10.2 Å². The summed E-state index contributed by atoms with van der Waals surface area (Å²) in [7, 11) is 0. The summed E-state index contributed by atoms with van der Waals surface area (Å²) in [5.74, 6) is 0.484. The van der Waals surface area contributed by atoms with E-state index < -0.39 is 24.5 Å². The maximum absolute atomic E-state index is 10.7. The van der Waals surface area contributed by atoms with E-state index in [1.807, 2.05) is 37.3 Å². The van der Waals surface area contributed by atoms with Gasteiger partial charge in [-0.1, -0.05) is 30.3 Å². The summed E-state index contributed by atoms with van der Waals surface area (Å²) in [4.78, 5) is 14.3. The first-order valence-corrected chi connectivity index (χ1v) is 11.5. The molecular formula is C21H24ClN9O4. The van der Waals surface area contributed by atoms with Gasteiger partial charge < -0.3 is 25.4 Å². The Morgan fingerprint density at radius 3 is 2.69 bits per heavy atom. The van der Waals surface area contributed by atoms with Crippen LogP contribution >= 0.6 is 11.6 Å². The van der Waals surface area contributed by atoms with Gasteiger partial charge >= 0.3 is 0 Å². The summed E-state index contributed by atoms with van der Waals surface area (Å²) in [6, 6.07) is 9.36. The van der Waals surface area contributed by atoms with E-state index in [-0.39, 0.29) is 29.4 Å². The second-order valence-corrected chi connectivity index (χ2v) is 8.48. The Morgan fingerprint density at radius 2 is 1.97 bits per heavy atom. The minimum atomic E-state index is -1.32. The Kier molecular flexibility index (Phi) is 6.58.